The van der Waals surface area contributed by atoms with Gasteiger partial charge in [-0.25, -0.2) is 14.6 Å². The molecule has 5 amide bonds. The molecule has 10 N–H and O–H groups in total. The summed E-state index contributed by atoms with van der Waals surface area (Å²) in [7, 11) is 0. The average Bonchev–Trinajstić information content (AvgIpc) is 2.77. The third-order valence-electron chi connectivity index (χ3n) is 5.44. The first-order valence-corrected chi connectivity index (χ1v) is 11.5. The number of guanidine groups is 1. The molecule has 1 aliphatic rings. The molecule has 5 atom stereocenters. The van der Waals surface area contributed by atoms with E-state index in [0.717, 1.165) is 4.90 Å². The minimum absolute atomic E-state index is 0.0192. The van der Waals surface area contributed by atoms with E-state index >= 15 is 0 Å². The summed E-state index contributed by atoms with van der Waals surface area (Å²) in [4.78, 5) is 78.1. The number of aliphatic carboxylic acids is 1. The van der Waals surface area contributed by atoms with Gasteiger partial charge in [-0.15, -0.1) is 0 Å². The lowest BCUT2D eigenvalue weighted by Gasteiger charge is -2.39. The number of primary amides is 2. The average molecular weight is 513 g/mol. The van der Waals surface area contributed by atoms with Crippen molar-refractivity contribution in [1.82, 2.24) is 20.9 Å². The molecule has 36 heavy (non-hydrogen) atoms. The number of carbonyl (C=O) groups is 6. The van der Waals surface area contributed by atoms with Crippen LogP contribution in [-0.2, 0) is 24.0 Å². The second-order valence-corrected chi connectivity index (χ2v) is 8.97. The van der Waals surface area contributed by atoms with E-state index in [9.17, 15) is 33.9 Å². The Morgan fingerprint density at radius 3 is 2.28 bits per heavy atom. The van der Waals surface area contributed by atoms with Crippen molar-refractivity contribution in [3.8, 4) is 0 Å². The highest BCUT2D eigenvalue weighted by molar-refractivity contribution is 5.94. The number of carbonyl (C=O) groups excluding carboxylic acids is 5. The van der Waals surface area contributed by atoms with Gasteiger partial charge in [-0.3, -0.25) is 19.3 Å². The lowest BCUT2D eigenvalue weighted by atomic mass is 9.95. The number of aldehydes is 1. The number of hydrogen-bond donors (Lipinski definition) is 7. The molecule has 1 aliphatic heterocycles. The number of amides is 5. The maximum atomic E-state index is 13.6. The SMILES string of the molecule is CC(C)C[C@@H](C(=O)O)N(C(N)=O)[C@H](C(=O)N[C@@H](CCC(N)=O)C(=O)N[C@@H](C)C=O)[C@@H]1CCNC(N)=N1. The normalized spacial score (nSPS) is 18.4. The number of aliphatic imine (C=N–C) groups is 1. The fourth-order valence-corrected chi connectivity index (χ4v) is 3.79. The number of carboxylic acid groups (broad SMARTS) is 1. The second-order valence-electron chi connectivity index (χ2n) is 8.97. The number of rotatable bonds is 14. The fourth-order valence-electron chi connectivity index (χ4n) is 3.79. The molecule has 0 saturated carbocycles. The summed E-state index contributed by atoms with van der Waals surface area (Å²) in [6, 6.07) is -7.40. The molecule has 15 heteroatoms. The van der Waals surface area contributed by atoms with Crippen LogP contribution in [0.1, 0.15) is 46.5 Å². The fraction of sp³-hybridized carbons (Fsp3) is 0.667. The van der Waals surface area contributed by atoms with Crippen LogP contribution in [0.3, 0.4) is 0 Å². The van der Waals surface area contributed by atoms with E-state index in [0.29, 0.717) is 6.29 Å². The molecule has 1 rings (SSSR count). The molecule has 0 aromatic rings. The number of nitrogens with one attached hydrogen (secondary N) is 3. The predicted molar refractivity (Wildman–Crippen MR) is 128 cm³/mol. The van der Waals surface area contributed by atoms with E-state index in [4.69, 9.17) is 17.2 Å². The summed E-state index contributed by atoms with van der Waals surface area (Å²) in [6.45, 7) is 5.17. The van der Waals surface area contributed by atoms with Crippen molar-refractivity contribution in [2.24, 2.45) is 28.1 Å². The quantitative estimate of drug-likeness (QED) is 0.120. The standard InChI is InChI=1S/C21H36N8O7/c1-10(2)8-14(19(34)35)29(21(24)36)16(12-6-7-25-20(23)28-12)18(33)27-13(4-5-15(22)31)17(32)26-11(3)9-30/h9-14,16H,4-8H2,1-3H3,(H2,22,31)(H2,24,36)(H,26,32)(H,27,33)(H,34,35)(H3,23,25,28)/t11-,12-,13-,14-,16-/m0/s1. The van der Waals surface area contributed by atoms with Gasteiger partial charge in [0.15, 0.2) is 5.96 Å². The molecule has 0 aromatic heterocycles. The molecule has 0 aliphatic carbocycles. The molecule has 0 spiro atoms. The Labute approximate surface area is 208 Å². The van der Waals surface area contributed by atoms with Crippen LogP contribution < -0.4 is 33.2 Å². The Hall–Kier alpha value is -3.91. The Morgan fingerprint density at radius 2 is 1.81 bits per heavy atom. The van der Waals surface area contributed by atoms with Gasteiger partial charge >= 0.3 is 12.0 Å². The van der Waals surface area contributed by atoms with E-state index in [1.165, 1.54) is 6.92 Å². The summed E-state index contributed by atoms with van der Waals surface area (Å²) >= 11 is 0. The Bertz CT molecular complexity index is 878. The van der Waals surface area contributed by atoms with Crippen molar-refractivity contribution in [2.45, 2.75) is 76.7 Å². The first kappa shape index (κ1) is 30.1. The first-order valence-electron chi connectivity index (χ1n) is 11.5. The lowest BCUT2D eigenvalue weighted by molar-refractivity contribution is -0.145. The summed E-state index contributed by atoms with van der Waals surface area (Å²) in [6.07, 6.45) is 0.152. The van der Waals surface area contributed by atoms with Crippen LogP contribution in [0.15, 0.2) is 4.99 Å². The molecule has 1 heterocycles. The van der Waals surface area contributed by atoms with Gasteiger partial charge in [-0.1, -0.05) is 13.8 Å². The highest BCUT2D eigenvalue weighted by Crippen LogP contribution is 2.22. The Morgan fingerprint density at radius 1 is 1.17 bits per heavy atom. The zero-order valence-corrected chi connectivity index (χ0v) is 20.6. The largest absolute Gasteiger partial charge is 0.480 e. The number of nitrogens with zero attached hydrogens (tertiary/aromatic N) is 2. The Kier molecular flexibility index (Phi) is 11.6. The van der Waals surface area contributed by atoms with Gasteiger partial charge in [0.05, 0.1) is 12.1 Å². The molecular formula is C21H36N8O7. The van der Waals surface area contributed by atoms with Crippen molar-refractivity contribution >= 4 is 42.0 Å². The van der Waals surface area contributed by atoms with Gasteiger partial charge < -0.3 is 43.1 Å². The van der Waals surface area contributed by atoms with Crippen molar-refractivity contribution in [2.75, 3.05) is 6.54 Å². The second kappa shape index (κ2) is 13.8. The third-order valence-corrected chi connectivity index (χ3v) is 5.44. The van der Waals surface area contributed by atoms with Crippen molar-refractivity contribution in [3.63, 3.8) is 0 Å². The van der Waals surface area contributed by atoms with Gasteiger partial charge in [0.2, 0.25) is 17.7 Å². The number of nitrogens with two attached hydrogens (primary N) is 3. The zero-order chi connectivity index (χ0) is 27.6. The van der Waals surface area contributed by atoms with Crippen LogP contribution in [0.5, 0.6) is 0 Å². The van der Waals surface area contributed by atoms with E-state index in [1.54, 1.807) is 13.8 Å². The van der Waals surface area contributed by atoms with Gasteiger partial charge in [0.25, 0.3) is 0 Å². The molecule has 202 valence electrons. The van der Waals surface area contributed by atoms with Crippen LogP contribution in [0.4, 0.5) is 4.79 Å². The molecule has 0 radical (unpaired) electrons. The first-order chi connectivity index (χ1) is 16.8. The van der Waals surface area contributed by atoms with Crippen molar-refractivity contribution in [3.05, 3.63) is 0 Å². The number of urea groups is 1. The van der Waals surface area contributed by atoms with E-state index in [-0.39, 0.29) is 44.1 Å². The lowest BCUT2D eigenvalue weighted by Crippen LogP contribution is -2.64. The van der Waals surface area contributed by atoms with Gasteiger partial charge in [0.1, 0.15) is 24.4 Å². The molecule has 0 unspecified atom stereocenters. The molecule has 0 bridgehead atoms. The van der Waals surface area contributed by atoms with Gasteiger partial charge in [-0.05, 0) is 32.1 Å². The minimum atomic E-state index is -1.55. The Balaban J connectivity index is 3.47. The summed E-state index contributed by atoms with van der Waals surface area (Å²) < 4.78 is 0. The van der Waals surface area contributed by atoms with Crippen LogP contribution in [0.2, 0.25) is 0 Å². The van der Waals surface area contributed by atoms with E-state index in [1.807, 2.05) is 0 Å². The summed E-state index contributed by atoms with van der Waals surface area (Å²) in [5.41, 5.74) is 16.5. The summed E-state index contributed by atoms with van der Waals surface area (Å²) in [5, 5.41) is 17.5. The molecule has 0 aromatic carbocycles. The topological polar surface area (TPSA) is 252 Å². The smallest absolute Gasteiger partial charge is 0.326 e. The third kappa shape index (κ3) is 9.03. The number of hydrogen-bond acceptors (Lipinski definition) is 9. The molecule has 0 fully saturated rings. The zero-order valence-electron chi connectivity index (χ0n) is 20.6. The maximum Gasteiger partial charge on any atom is 0.326 e. The maximum absolute atomic E-state index is 13.6. The minimum Gasteiger partial charge on any atom is -0.480 e. The molecular weight excluding hydrogens is 476 g/mol. The number of carboxylic acids is 1. The van der Waals surface area contributed by atoms with Crippen LogP contribution in [-0.4, -0.2) is 88.7 Å². The van der Waals surface area contributed by atoms with Crippen LogP contribution in [0.25, 0.3) is 0 Å². The highest BCUT2D eigenvalue weighted by Gasteiger charge is 2.44. The van der Waals surface area contributed by atoms with Gasteiger partial charge in [-0.2, -0.15) is 0 Å². The van der Waals surface area contributed by atoms with E-state index in [2.05, 4.69) is 20.9 Å². The van der Waals surface area contributed by atoms with Gasteiger partial charge in [0, 0.05) is 13.0 Å². The van der Waals surface area contributed by atoms with Crippen LogP contribution in [0, 0.1) is 5.92 Å². The molecule has 15 nitrogen and oxygen atoms in total. The monoisotopic (exact) mass is 512 g/mol. The highest BCUT2D eigenvalue weighted by atomic mass is 16.4. The van der Waals surface area contributed by atoms with Crippen LogP contribution >= 0.6 is 0 Å². The van der Waals surface area contributed by atoms with E-state index < -0.39 is 59.9 Å². The summed E-state index contributed by atoms with van der Waals surface area (Å²) in [5.74, 6) is -4.04. The van der Waals surface area contributed by atoms with Crippen molar-refractivity contribution < 1.29 is 33.9 Å². The predicted octanol–water partition coefficient (Wildman–Crippen LogP) is -2.63. The molecule has 0 saturated heterocycles. The van der Waals surface area contributed by atoms with Crippen molar-refractivity contribution in [1.29, 1.82) is 0 Å².